The van der Waals surface area contributed by atoms with Crippen molar-refractivity contribution in [3.8, 4) is 0 Å². The third-order valence-electron chi connectivity index (χ3n) is 2.38. The van der Waals surface area contributed by atoms with Crippen molar-refractivity contribution in [1.29, 1.82) is 0 Å². The average molecular weight is 303 g/mol. The van der Waals surface area contributed by atoms with E-state index in [1.807, 2.05) is 0 Å². The molecule has 1 aromatic rings. The van der Waals surface area contributed by atoms with Gasteiger partial charge in [0.2, 0.25) is 5.91 Å². The summed E-state index contributed by atoms with van der Waals surface area (Å²) < 4.78 is 0. The molecule has 1 aromatic carbocycles. The van der Waals surface area contributed by atoms with E-state index >= 15 is 0 Å². The molecule has 0 unspecified atom stereocenters. The van der Waals surface area contributed by atoms with E-state index in [0.717, 1.165) is 0 Å². The third kappa shape index (κ3) is 6.45. The molecule has 0 fully saturated rings. The lowest BCUT2D eigenvalue weighted by molar-refractivity contribution is -0.121. The quantitative estimate of drug-likeness (QED) is 0.599. The molecule has 2 N–H and O–H groups in total. The number of amides is 2. The van der Waals surface area contributed by atoms with Crippen molar-refractivity contribution >= 4 is 35.0 Å². The van der Waals surface area contributed by atoms with Crippen LogP contribution in [0.1, 0.15) is 23.2 Å². The van der Waals surface area contributed by atoms with Gasteiger partial charge in [-0.2, -0.15) is 0 Å². The van der Waals surface area contributed by atoms with Gasteiger partial charge in [-0.1, -0.05) is 11.6 Å². The van der Waals surface area contributed by atoms with Crippen LogP contribution in [0, 0.1) is 0 Å². The highest BCUT2D eigenvalue weighted by atomic mass is 35.5. The van der Waals surface area contributed by atoms with E-state index in [-0.39, 0.29) is 11.8 Å². The molecular weight excluding hydrogens is 287 g/mol. The van der Waals surface area contributed by atoms with Gasteiger partial charge in [-0.15, -0.1) is 11.6 Å². The molecule has 0 aromatic heterocycles. The standard InChI is InChI=1S/C13H16Cl2N2O2/c14-7-1-2-12(18)16-8-9-17-13(19)10-3-5-11(15)6-4-10/h3-6H,1-2,7-9H2,(H,16,18)(H,17,19). The molecule has 0 bridgehead atoms. The maximum Gasteiger partial charge on any atom is 0.251 e. The summed E-state index contributed by atoms with van der Waals surface area (Å²) in [6, 6.07) is 6.61. The number of carbonyl (C=O) groups excluding carboxylic acids is 2. The average Bonchev–Trinajstić information content (AvgIpc) is 2.41. The van der Waals surface area contributed by atoms with Crippen LogP contribution < -0.4 is 10.6 Å². The van der Waals surface area contributed by atoms with Crippen molar-refractivity contribution in [3.63, 3.8) is 0 Å². The van der Waals surface area contributed by atoms with Crippen LogP contribution in [0.15, 0.2) is 24.3 Å². The van der Waals surface area contributed by atoms with E-state index in [2.05, 4.69) is 10.6 Å². The van der Waals surface area contributed by atoms with Gasteiger partial charge in [0.05, 0.1) is 0 Å². The van der Waals surface area contributed by atoms with Crippen LogP contribution in [0.5, 0.6) is 0 Å². The smallest absolute Gasteiger partial charge is 0.251 e. The van der Waals surface area contributed by atoms with Crippen molar-refractivity contribution in [1.82, 2.24) is 10.6 Å². The number of alkyl halides is 1. The molecule has 104 valence electrons. The maximum absolute atomic E-state index is 11.7. The van der Waals surface area contributed by atoms with E-state index in [4.69, 9.17) is 23.2 Å². The van der Waals surface area contributed by atoms with Gasteiger partial charge in [0.1, 0.15) is 0 Å². The van der Waals surface area contributed by atoms with E-state index in [1.54, 1.807) is 24.3 Å². The van der Waals surface area contributed by atoms with Gasteiger partial charge in [-0.3, -0.25) is 9.59 Å². The van der Waals surface area contributed by atoms with E-state index in [0.29, 0.717) is 42.4 Å². The van der Waals surface area contributed by atoms with Gasteiger partial charge in [0.25, 0.3) is 5.91 Å². The first-order valence-corrected chi connectivity index (χ1v) is 6.91. The molecule has 6 heteroatoms. The summed E-state index contributed by atoms with van der Waals surface area (Å²) in [6.07, 6.45) is 1.07. The number of hydrogen-bond acceptors (Lipinski definition) is 2. The Hall–Kier alpha value is -1.26. The minimum Gasteiger partial charge on any atom is -0.354 e. The summed E-state index contributed by atoms with van der Waals surface area (Å²) in [5.74, 6) is 0.230. The zero-order chi connectivity index (χ0) is 14.1. The predicted octanol–water partition coefficient (Wildman–Crippen LogP) is 2.21. The highest BCUT2D eigenvalue weighted by Gasteiger charge is 2.04. The molecule has 0 aliphatic rings. The van der Waals surface area contributed by atoms with Crippen LogP contribution in [0.3, 0.4) is 0 Å². The first-order valence-electron chi connectivity index (χ1n) is 6.00. The number of rotatable bonds is 7. The second-order valence-electron chi connectivity index (χ2n) is 3.91. The largest absolute Gasteiger partial charge is 0.354 e. The Bertz CT molecular complexity index is 421. The number of carbonyl (C=O) groups is 2. The van der Waals surface area contributed by atoms with E-state index < -0.39 is 0 Å². The van der Waals surface area contributed by atoms with Gasteiger partial charge >= 0.3 is 0 Å². The summed E-state index contributed by atoms with van der Waals surface area (Å²) in [5.41, 5.74) is 0.540. The Kier molecular flexibility index (Phi) is 7.30. The minimum absolute atomic E-state index is 0.0543. The maximum atomic E-state index is 11.7. The fourth-order valence-electron chi connectivity index (χ4n) is 1.40. The summed E-state index contributed by atoms with van der Waals surface area (Å²) in [7, 11) is 0. The van der Waals surface area contributed by atoms with Crippen LogP contribution in [0.2, 0.25) is 5.02 Å². The fourth-order valence-corrected chi connectivity index (χ4v) is 1.66. The molecule has 0 heterocycles. The van der Waals surface area contributed by atoms with Crippen LogP contribution in [-0.2, 0) is 4.79 Å². The molecule has 0 saturated heterocycles. The Morgan fingerprint density at radius 1 is 1.05 bits per heavy atom. The molecule has 2 amide bonds. The van der Waals surface area contributed by atoms with Crippen molar-refractivity contribution in [2.45, 2.75) is 12.8 Å². The molecule has 4 nitrogen and oxygen atoms in total. The molecule has 1 rings (SSSR count). The number of nitrogens with one attached hydrogen (secondary N) is 2. The molecule has 0 saturated carbocycles. The van der Waals surface area contributed by atoms with Crippen LogP contribution >= 0.6 is 23.2 Å². The highest BCUT2D eigenvalue weighted by molar-refractivity contribution is 6.30. The molecule has 0 radical (unpaired) electrons. The number of benzene rings is 1. The first kappa shape index (κ1) is 15.8. The zero-order valence-corrected chi connectivity index (χ0v) is 11.9. The summed E-state index contributed by atoms with van der Waals surface area (Å²) >= 11 is 11.2. The topological polar surface area (TPSA) is 58.2 Å². The lowest BCUT2D eigenvalue weighted by Crippen LogP contribution is -2.34. The summed E-state index contributed by atoms with van der Waals surface area (Å²) in [5, 5.41) is 5.99. The Labute approximate surface area is 122 Å². The lowest BCUT2D eigenvalue weighted by atomic mass is 10.2. The van der Waals surface area contributed by atoms with E-state index in [9.17, 15) is 9.59 Å². The van der Waals surface area contributed by atoms with Crippen LogP contribution in [0.4, 0.5) is 0 Å². The highest BCUT2D eigenvalue weighted by Crippen LogP contribution is 2.09. The van der Waals surface area contributed by atoms with Crippen LogP contribution in [0.25, 0.3) is 0 Å². The van der Waals surface area contributed by atoms with Crippen molar-refractivity contribution in [3.05, 3.63) is 34.9 Å². The van der Waals surface area contributed by atoms with Crippen molar-refractivity contribution in [2.24, 2.45) is 0 Å². The second kappa shape index (κ2) is 8.77. The molecule has 0 aliphatic carbocycles. The van der Waals surface area contributed by atoms with Crippen LogP contribution in [-0.4, -0.2) is 30.8 Å². The normalized spacial score (nSPS) is 10.0. The minimum atomic E-state index is -0.188. The first-order chi connectivity index (χ1) is 9.13. The van der Waals surface area contributed by atoms with Crippen molar-refractivity contribution < 1.29 is 9.59 Å². The summed E-state index contributed by atoms with van der Waals surface area (Å²) in [4.78, 5) is 22.9. The Morgan fingerprint density at radius 2 is 1.68 bits per heavy atom. The van der Waals surface area contributed by atoms with Gasteiger partial charge in [-0.25, -0.2) is 0 Å². The molecule has 19 heavy (non-hydrogen) atoms. The van der Waals surface area contributed by atoms with Crippen molar-refractivity contribution in [2.75, 3.05) is 19.0 Å². The zero-order valence-electron chi connectivity index (χ0n) is 10.4. The number of halogens is 2. The van der Waals surface area contributed by atoms with Gasteiger partial charge in [0.15, 0.2) is 0 Å². The monoisotopic (exact) mass is 302 g/mol. The number of hydrogen-bond donors (Lipinski definition) is 2. The Balaban J connectivity index is 2.20. The molecular formula is C13H16Cl2N2O2. The van der Waals surface area contributed by atoms with E-state index in [1.165, 1.54) is 0 Å². The van der Waals surface area contributed by atoms with Gasteiger partial charge in [-0.05, 0) is 30.7 Å². The lowest BCUT2D eigenvalue weighted by Gasteiger charge is -2.07. The Morgan fingerprint density at radius 3 is 2.32 bits per heavy atom. The molecule has 0 spiro atoms. The predicted molar refractivity (Wildman–Crippen MR) is 76.7 cm³/mol. The molecule has 0 aliphatic heterocycles. The fraction of sp³-hybridized carbons (Fsp3) is 0.385. The van der Waals surface area contributed by atoms with Gasteiger partial charge in [0, 0.05) is 36.0 Å². The summed E-state index contributed by atoms with van der Waals surface area (Å²) in [6.45, 7) is 0.786. The SMILES string of the molecule is O=C(CCCCl)NCCNC(=O)c1ccc(Cl)cc1. The molecule has 0 atom stereocenters. The van der Waals surface area contributed by atoms with Gasteiger partial charge < -0.3 is 10.6 Å². The third-order valence-corrected chi connectivity index (χ3v) is 2.90. The second-order valence-corrected chi connectivity index (χ2v) is 4.72.